The smallest absolute Gasteiger partial charge is 0.380 e. The van der Waals surface area contributed by atoms with Crippen molar-refractivity contribution in [2.75, 3.05) is 51.3 Å². The molecule has 3 aliphatic heterocycles. The second-order valence-electron chi connectivity index (χ2n) is 13.9. The molecule has 3 amide bonds. The van der Waals surface area contributed by atoms with Crippen molar-refractivity contribution in [2.24, 2.45) is 5.41 Å². The predicted molar refractivity (Wildman–Crippen MR) is 188 cm³/mol. The van der Waals surface area contributed by atoms with Crippen LogP contribution in [-0.4, -0.2) is 89.8 Å². The molecule has 0 unspecified atom stereocenters. The Morgan fingerprint density at radius 3 is 2.44 bits per heavy atom. The number of fused-ring (bicyclic) bond motifs is 1. The van der Waals surface area contributed by atoms with Crippen LogP contribution in [0.3, 0.4) is 0 Å². The molecule has 0 aliphatic carbocycles. The third-order valence-corrected chi connectivity index (χ3v) is 10.0. The fraction of sp³-hybridized carbons (Fsp3) is 0.333. The van der Waals surface area contributed by atoms with Gasteiger partial charge >= 0.3 is 6.18 Å². The summed E-state index contributed by atoms with van der Waals surface area (Å²) in [7, 11) is 1.71. The first kappa shape index (κ1) is 35.1. The number of ether oxygens (including phenoxy) is 1. The largest absolute Gasteiger partial charge is 0.416 e. The molecular weight excluding hydrogens is 673 g/mol. The maximum atomic E-state index is 14.4. The van der Waals surface area contributed by atoms with Crippen molar-refractivity contribution >= 4 is 23.5 Å². The maximum absolute atomic E-state index is 14.4. The minimum absolute atomic E-state index is 0.180. The SMILES string of the molecule is C=C(CN1CC2(COC2)C1)C(=O)N(C)Cc1cccc([C@@H]2c3cnn(-c4ccccc4)c3N(CC)C(=O)[C@H]2NC(=O)c2cccc(C(F)(F)F)c2)c1. The van der Waals surface area contributed by atoms with Gasteiger partial charge in [-0.2, -0.15) is 18.3 Å². The first-order valence-corrected chi connectivity index (χ1v) is 17.1. The number of alkyl halides is 3. The number of amides is 3. The van der Waals surface area contributed by atoms with E-state index in [9.17, 15) is 27.6 Å². The minimum Gasteiger partial charge on any atom is -0.380 e. The summed E-state index contributed by atoms with van der Waals surface area (Å²) in [6.45, 7) is 10.1. The molecule has 4 aromatic rings. The van der Waals surface area contributed by atoms with Crippen LogP contribution in [0.25, 0.3) is 5.69 Å². The van der Waals surface area contributed by atoms with Crippen molar-refractivity contribution in [3.8, 4) is 5.69 Å². The monoisotopic (exact) mass is 712 g/mol. The summed E-state index contributed by atoms with van der Waals surface area (Å²) in [6, 6.07) is 19.7. The van der Waals surface area contributed by atoms with Gasteiger partial charge < -0.3 is 15.0 Å². The van der Waals surface area contributed by atoms with Crippen molar-refractivity contribution in [1.29, 1.82) is 0 Å². The molecule has 3 aliphatic rings. The lowest BCUT2D eigenvalue weighted by Gasteiger charge is -2.55. The van der Waals surface area contributed by atoms with E-state index in [0.717, 1.165) is 55.8 Å². The number of benzene rings is 3. The number of carbonyl (C=O) groups is 3. The topological polar surface area (TPSA) is 100 Å². The highest BCUT2D eigenvalue weighted by molar-refractivity contribution is 6.05. The van der Waals surface area contributed by atoms with Crippen LogP contribution in [0.15, 0.2) is 97.2 Å². The van der Waals surface area contributed by atoms with Crippen molar-refractivity contribution in [3.05, 3.63) is 125 Å². The second kappa shape index (κ2) is 13.7. The number of halogens is 3. The van der Waals surface area contributed by atoms with E-state index in [1.807, 2.05) is 54.6 Å². The summed E-state index contributed by atoms with van der Waals surface area (Å²) >= 11 is 0. The van der Waals surface area contributed by atoms with Crippen LogP contribution in [0.4, 0.5) is 19.0 Å². The van der Waals surface area contributed by atoms with E-state index in [2.05, 4.69) is 21.9 Å². The van der Waals surface area contributed by atoms with Crippen LogP contribution in [-0.2, 0) is 27.0 Å². The van der Waals surface area contributed by atoms with Crippen molar-refractivity contribution in [3.63, 3.8) is 0 Å². The first-order chi connectivity index (χ1) is 24.9. The Morgan fingerprint density at radius 2 is 1.77 bits per heavy atom. The highest BCUT2D eigenvalue weighted by atomic mass is 19.4. The van der Waals surface area contributed by atoms with Gasteiger partial charge in [-0.3, -0.25) is 24.2 Å². The number of rotatable bonds is 10. The summed E-state index contributed by atoms with van der Waals surface area (Å²) in [5.41, 5.74) is 2.35. The van der Waals surface area contributed by atoms with Crippen LogP contribution in [0.1, 0.15) is 45.5 Å². The van der Waals surface area contributed by atoms with Gasteiger partial charge in [-0.1, -0.05) is 55.1 Å². The summed E-state index contributed by atoms with van der Waals surface area (Å²) in [4.78, 5) is 46.7. The van der Waals surface area contributed by atoms with Gasteiger partial charge in [0, 0.05) is 67.8 Å². The Kier molecular flexibility index (Phi) is 9.26. The van der Waals surface area contributed by atoms with Gasteiger partial charge in [0.15, 0.2) is 0 Å². The number of carbonyl (C=O) groups excluding carboxylic acids is 3. The predicted octanol–water partition coefficient (Wildman–Crippen LogP) is 5.03. The van der Waals surface area contributed by atoms with Gasteiger partial charge in [-0.25, -0.2) is 4.68 Å². The van der Waals surface area contributed by atoms with Crippen LogP contribution in [0, 0.1) is 5.41 Å². The number of nitrogens with one attached hydrogen (secondary N) is 1. The molecule has 52 heavy (non-hydrogen) atoms. The molecule has 1 N–H and O–H groups in total. The average molecular weight is 713 g/mol. The summed E-state index contributed by atoms with van der Waals surface area (Å²) in [5.74, 6) is -1.66. The Balaban J connectivity index is 1.19. The quantitative estimate of drug-likeness (QED) is 0.232. The number of likely N-dealkylation sites (N-methyl/N-ethyl adjacent to an activating group) is 2. The molecule has 3 aromatic carbocycles. The molecule has 0 radical (unpaired) electrons. The number of likely N-dealkylation sites (tertiary alicyclic amines) is 1. The lowest BCUT2D eigenvalue weighted by Crippen LogP contribution is -2.66. The van der Waals surface area contributed by atoms with Gasteiger partial charge in [-0.15, -0.1) is 0 Å². The van der Waals surface area contributed by atoms with Gasteiger partial charge in [0.2, 0.25) is 0 Å². The Bertz CT molecular complexity index is 2020. The molecule has 4 heterocycles. The van der Waals surface area contributed by atoms with Crippen LogP contribution < -0.4 is 10.2 Å². The van der Waals surface area contributed by atoms with E-state index in [1.54, 1.807) is 29.7 Å². The van der Waals surface area contributed by atoms with Gasteiger partial charge in [0.1, 0.15) is 11.9 Å². The standard InChI is InChI=1S/C39H39F3N6O4/c1-4-47-35-31(18-43-48(35)30-14-6-5-7-15-30)32(33(37(47)51)44-34(49)28-12-9-13-29(17-28)39(40,41)42)27-11-8-10-26(16-27)20-45(3)36(50)25(2)19-46-21-38(22-46)23-52-24-38/h5-18,32-33H,2,4,19-24H2,1,3H3,(H,44,49)/t32-,33+/m1/s1. The first-order valence-electron chi connectivity index (χ1n) is 17.1. The lowest BCUT2D eigenvalue weighted by atomic mass is 9.78. The molecule has 0 saturated carbocycles. The molecule has 270 valence electrons. The summed E-state index contributed by atoms with van der Waals surface area (Å²) in [5, 5.41) is 7.45. The molecule has 2 fully saturated rings. The number of nitrogens with zero attached hydrogens (tertiary/aromatic N) is 5. The molecule has 1 aromatic heterocycles. The van der Waals surface area contributed by atoms with E-state index in [-0.39, 0.29) is 30.0 Å². The van der Waals surface area contributed by atoms with Gasteiger partial charge in [0.05, 0.1) is 30.7 Å². The van der Waals surface area contributed by atoms with Crippen molar-refractivity contribution in [1.82, 2.24) is 24.9 Å². The lowest BCUT2D eigenvalue weighted by molar-refractivity contribution is -0.187. The van der Waals surface area contributed by atoms with Crippen molar-refractivity contribution in [2.45, 2.75) is 31.6 Å². The molecule has 7 rings (SSSR count). The molecule has 1 spiro atoms. The van der Waals surface area contributed by atoms with E-state index in [0.29, 0.717) is 29.1 Å². The van der Waals surface area contributed by atoms with E-state index >= 15 is 0 Å². The maximum Gasteiger partial charge on any atom is 0.416 e. The molecule has 2 saturated heterocycles. The van der Waals surface area contributed by atoms with E-state index < -0.39 is 35.5 Å². The molecule has 0 bridgehead atoms. The number of para-hydroxylation sites is 1. The van der Waals surface area contributed by atoms with E-state index in [4.69, 9.17) is 4.74 Å². The normalized spacial score (nSPS) is 19.4. The molecule has 13 heteroatoms. The highest BCUT2D eigenvalue weighted by Crippen LogP contribution is 2.42. The second-order valence-corrected chi connectivity index (χ2v) is 13.9. The number of aromatic nitrogens is 2. The zero-order valence-corrected chi connectivity index (χ0v) is 28.9. The third kappa shape index (κ3) is 6.61. The average Bonchev–Trinajstić information content (AvgIpc) is 3.53. The zero-order chi connectivity index (χ0) is 36.8. The molecule has 10 nitrogen and oxygen atoms in total. The van der Waals surface area contributed by atoms with Gasteiger partial charge in [-0.05, 0) is 48.4 Å². The molecule has 2 atom stereocenters. The zero-order valence-electron chi connectivity index (χ0n) is 28.9. The Hall–Kier alpha value is -5.27. The van der Waals surface area contributed by atoms with Crippen LogP contribution in [0.5, 0.6) is 0 Å². The highest BCUT2D eigenvalue weighted by Gasteiger charge is 2.49. The Morgan fingerprint density at radius 1 is 1.04 bits per heavy atom. The fourth-order valence-corrected chi connectivity index (χ4v) is 7.51. The summed E-state index contributed by atoms with van der Waals surface area (Å²) < 4.78 is 47.7. The summed E-state index contributed by atoms with van der Waals surface area (Å²) in [6.07, 6.45) is -2.99. The fourth-order valence-electron chi connectivity index (χ4n) is 7.51. The third-order valence-electron chi connectivity index (χ3n) is 10.0. The van der Waals surface area contributed by atoms with E-state index in [1.165, 1.54) is 11.0 Å². The van der Waals surface area contributed by atoms with Crippen LogP contribution in [0.2, 0.25) is 0 Å². The van der Waals surface area contributed by atoms with Crippen molar-refractivity contribution < 1.29 is 32.3 Å². The minimum atomic E-state index is -4.65. The van der Waals surface area contributed by atoms with Crippen LogP contribution >= 0.6 is 0 Å². The number of anilines is 1. The number of hydrogen-bond donors (Lipinski definition) is 1. The number of hydrogen-bond acceptors (Lipinski definition) is 6. The van der Waals surface area contributed by atoms with Gasteiger partial charge in [0.25, 0.3) is 17.7 Å². The molecular formula is C39H39F3N6O4. The Labute approximate surface area is 299 Å².